The van der Waals surface area contributed by atoms with Crippen LogP contribution >= 0.6 is 11.6 Å². The third-order valence-electron chi connectivity index (χ3n) is 3.13. The molecule has 86 valence electrons. The van der Waals surface area contributed by atoms with Crippen LogP contribution in [0.1, 0.15) is 47.0 Å². The van der Waals surface area contributed by atoms with E-state index in [1.165, 1.54) is 12.8 Å². The fourth-order valence-corrected chi connectivity index (χ4v) is 2.12. The Morgan fingerprint density at radius 2 is 1.79 bits per heavy atom. The largest absolute Gasteiger partial charge is 0.316 e. The van der Waals surface area contributed by atoms with Crippen molar-refractivity contribution in [3.63, 3.8) is 0 Å². The Bertz CT molecular complexity index is 136. The van der Waals surface area contributed by atoms with Crippen LogP contribution in [0, 0.1) is 11.8 Å². The summed E-state index contributed by atoms with van der Waals surface area (Å²) in [5.74, 6) is 1.53. The smallest absolute Gasteiger partial charge is 0.0489 e. The van der Waals surface area contributed by atoms with E-state index in [1.807, 2.05) is 7.05 Å². The van der Waals surface area contributed by atoms with E-state index in [2.05, 4.69) is 33.0 Å². The zero-order valence-corrected chi connectivity index (χ0v) is 11.1. The summed E-state index contributed by atoms with van der Waals surface area (Å²) in [6.07, 6.45) is 3.70. The molecule has 3 atom stereocenters. The summed E-state index contributed by atoms with van der Waals surface area (Å²) < 4.78 is 0. The standard InChI is InChI=1S/C12H26ClN/c1-6-7-11(9(2)3)8-12(13)10(4)14-5/h9-12,14H,6-8H2,1-5H3/t10?,11?,12-/m0/s1. The van der Waals surface area contributed by atoms with Crippen LogP contribution < -0.4 is 5.32 Å². The molecule has 0 aliphatic carbocycles. The van der Waals surface area contributed by atoms with Gasteiger partial charge in [0.2, 0.25) is 0 Å². The van der Waals surface area contributed by atoms with Gasteiger partial charge >= 0.3 is 0 Å². The molecule has 0 bridgehead atoms. The van der Waals surface area contributed by atoms with Gasteiger partial charge < -0.3 is 5.32 Å². The summed E-state index contributed by atoms with van der Waals surface area (Å²) in [7, 11) is 1.98. The first-order valence-electron chi connectivity index (χ1n) is 5.84. The number of rotatable bonds is 7. The van der Waals surface area contributed by atoms with E-state index in [0.717, 1.165) is 18.3 Å². The van der Waals surface area contributed by atoms with Crippen LogP contribution in [0.5, 0.6) is 0 Å². The summed E-state index contributed by atoms with van der Waals surface area (Å²) in [6.45, 7) is 9.00. The normalized spacial score (nSPS) is 18.2. The van der Waals surface area contributed by atoms with Gasteiger partial charge in [-0.15, -0.1) is 11.6 Å². The molecule has 0 aromatic carbocycles. The summed E-state index contributed by atoms with van der Waals surface area (Å²) >= 11 is 6.34. The molecule has 0 aliphatic heterocycles. The van der Waals surface area contributed by atoms with Crippen LogP contribution in [0.15, 0.2) is 0 Å². The summed E-state index contributed by atoms with van der Waals surface area (Å²) in [4.78, 5) is 0. The Labute approximate surface area is 94.6 Å². The van der Waals surface area contributed by atoms with Gasteiger partial charge in [0.1, 0.15) is 0 Å². The lowest BCUT2D eigenvalue weighted by molar-refractivity contribution is 0.316. The molecule has 0 heterocycles. The van der Waals surface area contributed by atoms with Crippen LogP contribution in [0.2, 0.25) is 0 Å². The highest BCUT2D eigenvalue weighted by molar-refractivity contribution is 6.21. The van der Waals surface area contributed by atoms with Gasteiger partial charge in [0.15, 0.2) is 0 Å². The van der Waals surface area contributed by atoms with Gasteiger partial charge in [-0.05, 0) is 32.2 Å². The fraction of sp³-hybridized carbons (Fsp3) is 1.00. The van der Waals surface area contributed by atoms with Gasteiger partial charge in [-0.3, -0.25) is 0 Å². The van der Waals surface area contributed by atoms with E-state index in [1.54, 1.807) is 0 Å². The van der Waals surface area contributed by atoms with Gasteiger partial charge in [0, 0.05) is 11.4 Å². The maximum absolute atomic E-state index is 6.34. The van der Waals surface area contributed by atoms with Crippen molar-refractivity contribution in [1.29, 1.82) is 0 Å². The van der Waals surface area contributed by atoms with Crippen LogP contribution in [-0.2, 0) is 0 Å². The van der Waals surface area contributed by atoms with Crippen molar-refractivity contribution in [1.82, 2.24) is 5.32 Å². The Balaban J connectivity index is 4.01. The lowest BCUT2D eigenvalue weighted by Crippen LogP contribution is -2.33. The highest BCUT2D eigenvalue weighted by Crippen LogP contribution is 2.25. The molecule has 1 nitrogen and oxygen atoms in total. The molecular weight excluding hydrogens is 194 g/mol. The molecule has 0 aliphatic rings. The van der Waals surface area contributed by atoms with E-state index in [4.69, 9.17) is 11.6 Å². The lowest BCUT2D eigenvalue weighted by atomic mass is 9.86. The molecule has 0 radical (unpaired) electrons. The lowest BCUT2D eigenvalue weighted by Gasteiger charge is -2.26. The van der Waals surface area contributed by atoms with Crippen LogP contribution in [0.3, 0.4) is 0 Å². The van der Waals surface area contributed by atoms with Crippen molar-refractivity contribution in [2.75, 3.05) is 7.05 Å². The van der Waals surface area contributed by atoms with Crippen molar-refractivity contribution in [3.8, 4) is 0 Å². The van der Waals surface area contributed by atoms with Gasteiger partial charge in [0.25, 0.3) is 0 Å². The van der Waals surface area contributed by atoms with E-state index in [9.17, 15) is 0 Å². The average Bonchev–Trinajstić information content (AvgIpc) is 2.15. The number of halogens is 1. The monoisotopic (exact) mass is 219 g/mol. The minimum absolute atomic E-state index is 0.263. The first-order chi connectivity index (χ1) is 6.52. The SMILES string of the molecule is CCCC(C[C@H](Cl)C(C)NC)C(C)C. The van der Waals surface area contributed by atoms with Crippen LogP contribution in [0.25, 0.3) is 0 Å². The molecule has 0 rings (SSSR count). The second kappa shape index (κ2) is 7.53. The summed E-state index contributed by atoms with van der Waals surface area (Å²) in [5, 5.41) is 3.48. The van der Waals surface area contributed by atoms with Gasteiger partial charge in [-0.25, -0.2) is 0 Å². The Morgan fingerprint density at radius 1 is 1.21 bits per heavy atom. The van der Waals surface area contributed by atoms with E-state index in [-0.39, 0.29) is 5.38 Å². The maximum Gasteiger partial charge on any atom is 0.0489 e. The second-order valence-corrected chi connectivity index (χ2v) is 5.18. The molecule has 2 unspecified atom stereocenters. The minimum atomic E-state index is 0.263. The van der Waals surface area contributed by atoms with Gasteiger partial charge in [0.05, 0.1) is 0 Å². The molecule has 0 spiro atoms. The predicted octanol–water partition coefficient (Wildman–Crippen LogP) is 3.66. The third kappa shape index (κ3) is 5.21. The number of alkyl halides is 1. The summed E-state index contributed by atoms with van der Waals surface area (Å²) in [6, 6.07) is 0.412. The molecule has 0 amide bonds. The molecule has 0 saturated heterocycles. The topological polar surface area (TPSA) is 12.0 Å². The molecule has 14 heavy (non-hydrogen) atoms. The number of hydrogen-bond donors (Lipinski definition) is 1. The van der Waals surface area contributed by atoms with E-state index >= 15 is 0 Å². The zero-order chi connectivity index (χ0) is 11.1. The Morgan fingerprint density at radius 3 is 2.14 bits per heavy atom. The number of hydrogen-bond acceptors (Lipinski definition) is 1. The molecule has 1 N–H and O–H groups in total. The van der Waals surface area contributed by atoms with Gasteiger partial charge in [-0.2, -0.15) is 0 Å². The van der Waals surface area contributed by atoms with Crippen LogP contribution in [-0.4, -0.2) is 18.5 Å². The third-order valence-corrected chi connectivity index (χ3v) is 3.68. The first kappa shape index (κ1) is 14.2. The quantitative estimate of drug-likeness (QED) is 0.645. The molecule has 0 saturated carbocycles. The minimum Gasteiger partial charge on any atom is -0.316 e. The zero-order valence-electron chi connectivity index (χ0n) is 10.3. The molecule has 0 aromatic heterocycles. The molecule has 2 heteroatoms. The van der Waals surface area contributed by atoms with Crippen molar-refractivity contribution >= 4 is 11.6 Å². The number of nitrogens with one attached hydrogen (secondary N) is 1. The van der Waals surface area contributed by atoms with Crippen LogP contribution in [0.4, 0.5) is 0 Å². The molecular formula is C12H26ClN. The fourth-order valence-electron chi connectivity index (χ4n) is 1.77. The maximum atomic E-state index is 6.34. The summed E-state index contributed by atoms with van der Waals surface area (Å²) in [5.41, 5.74) is 0. The van der Waals surface area contributed by atoms with E-state index < -0.39 is 0 Å². The van der Waals surface area contributed by atoms with Crippen molar-refractivity contribution in [3.05, 3.63) is 0 Å². The Hall–Kier alpha value is 0.250. The molecule has 0 fully saturated rings. The van der Waals surface area contributed by atoms with Crippen molar-refractivity contribution < 1.29 is 0 Å². The molecule has 0 aromatic rings. The Kier molecular flexibility index (Phi) is 7.66. The van der Waals surface area contributed by atoms with E-state index in [0.29, 0.717) is 6.04 Å². The highest BCUT2D eigenvalue weighted by atomic mass is 35.5. The van der Waals surface area contributed by atoms with Crippen molar-refractivity contribution in [2.45, 2.75) is 58.4 Å². The van der Waals surface area contributed by atoms with Crippen molar-refractivity contribution in [2.24, 2.45) is 11.8 Å². The predicted molar refractivity (Wildman–Crippen MR) is 66.0 cm³/mol. The average molecular weight is 220 g/mol. The van der Waals surface area contributed by atoms with Gasteiger partial charge in [-0.1, -0.05) is 33.6 Å². The highest BCUT2D eigenvalue weighted by Gasteiger charge is 2.20. The second-order valence-electron chi connectivity index (χ2n) is 4.62. The first-order valence-corrected chi connectivity index (χ1v) is 6.27.